The third kappa shape index (κ3) is 5.29. The summed E-state index contributed by atoms with van der Waals surface area (Å²) in [5.41, 5.74) is 0. The molecular formula is C18H31NO3. The standard InChI is InChI=1S/C18H31NO3/c1-13-6-5-9-16(14(13)2)19-17(20)12-22-18(21)11-10-15-7-3-4-8-15/h13-16H,3-12H2,1-2H3,(H,19,20)/t13-,14-,16+/m1/s1. The summed E-state index contributed by atoms with van der Waals surface area (Å²) in [4.78, 5) is 23.7. The second-order valence-electron chi connectivity index (χ2n) is 7.29. The van der Waals surface area contributed by atoms with Crippen LogP contribution >= 0.6 is 0 Å². The van der Waals surface area contributed by atoms with Gasteiger partial charge in [-0.25, -0.2) is 0 Å². The van der Waals surface area contributed by atoms with Crippen LogP contribution in [0.25, 0.3) is 0 Å². The molecule has 0 bridgehead atoms. The Balaban J connectivity index is 1.61. The van der Waals surface area contributed by atoms with Crippen molar-refractivity contribution in [2.24, 2.45) is 17.8 Å². The number of nitrogens with one attached hydrogen (secondary N) is 1. The lowest BCUT2D eigenvalue weighted by Gasteiger charge is -2.34. The molecule has 1 amide bonds. The molecule has 0 unspecified atom stereocenters. The molecule has 22 heavy (non-hydrogen) atoms. The first-order valence-corrected chi connectivity index (χ1v) is 9.01. The molecular weight excluding hydrogens is 278 g/mol. The summed E-state index contributed by atoms with van der Waals surface area (Å²) in [5.74, 6) is 1.45. The highest BCUT2D eigenvalue weighted by Gasteiger charge is 2.28. The summed E-state index contributed by atoms with van der Waals surface area (Å²) in [7, 11) is 0. The average molecular weight is 309 g/mol. The summed E-state index contributed by atoms with van der Waals surface area (Å²) in [6.45, 7) is 4.31. The van der Waals surface area contributed by atoms with Gasteiger partial charge in [0.1, 0.15) is 0 Å². The molecule has 0 saturated heterocycles. The Kier molecular flexibility index (Phi) is 6.71. The number of carbonyl (C=O) groups is 2. The molecule has 4 nitrogen and oxygen atoms in total. The van der Waals surface area contributed by atoms with Gasteiger partial charge in [-0.05, 0) is 30.6 Å². The Hall–Kier alpha value is -1.06. The molecule has 1 N–H and O–H groups in total. The predicted octanol–water partition coefficient (Wildman–Crippen LogP) is 3.44. The summed E-state index contributed by atoms with van der Waals surface area (Å²) < 4.78 is 5.12. The second-order valence-corrected chi connectivity index (χ2v) is 7.29. The molecule has 0 radical (unpaired) electrons. The Morgan fingerprint density at radius 1 is 1.05 bits per heavy atom. The van der Waals surface area contributed by atoms with Gasteiger partial charge in [0, 0.05) is 12.5 Å². The number of rotatable bonds is 6. The fraction of sp³-hybridized carbons (Fsp3) is 0.889. The van der Waals surface area contributed by atoms with Crippen molar-refractivity contribution in [1.82, 2.24) is 5.32 Å². The normalized spacial score (nSPS) is 29.3. The van der Waals surface area contributed by atoms with Crippen LogP contribution in [0.15, 0.2) is 0 Å². The van der Waals surface area contributed by atoms with Gasteiger partial charge in [-0.15, -0.1) is 0 Å². The summed E-state index contributed by atoms with van der Waals surface area (Å²) in [5, 5.41) is 3.04. The van der Waals surface area contributed by atoms with E-state index in [4.69, 9.17) is 4.74 Å². The minimum absolute atomic E-state index is 0.124. The van der Waals surface area contributed by atoms with Crippen molar-refractivity contribution in [2.75, 3.05) is 6.61 Å². The van der Waals surface area contributed by atoms with E-state index in [0.717, 1.165) is 19.3 Å². The zero-order valence-electron chi connectivity index (χ0n) is 14.1. The van der Waals surface area contributed by atoms with Crippen molar-refractivity contribution in [3.63, 3.8) is 0 Å². The second kappa shape index (κ2) is 8.54. The zero-order chi connectivity index (χ0) is 15.9. The molecule has 3 atom stereocenters. The highest BCUT2D eigenvalue weighted by Crippen LogP contribution is 2.29. The molecule has 2 aliphatic carbocycles. The Labute approximate surface area is 134 Å². The first-order valence-electron chi connectivity index (χ1n) is 9.01. The third-order valence-electron chi connectivity index (χ3n) is 5.65. The maximum Gasteiger partial charge on any atom is 0.306 e. The minimum Gasteiger partial charge on any atom is -0.456 e. The lowest BCUT2D eigenvalue weighted by molar-refractivity contribution is -0.149. The third-order valence-corrected chi connectivity index (χ3v) is 5.65. The van der Waals surface area contributed by atoms with Crippen LogP contribution in [0.2, 0.25) is 0 Å². The Bertz CT molecular complexity index is 377. The van der Waals surface area contributed by atoms with E-state index in [1.54, 1.807) is 0 Å². The molecule has 2 aliphatic rings. The van der Waals surface area contributed by atoms with E-state index in [1.165, 1.54) is 32.1 Å². The molecule has 2 fully saturated rings. The highest BCUT2D eigenvalue weighted by atomic mass is 16.5. The Morgan fingerprint density at radius 3 is 2.50 bits per heavy atom. The first-order chi connectivity index (χ1) is 10.6. The number of hydrogen-bond donors (Lipinski definition) is 1. The lowest BCUT2D eigenvalue weighted by atomic mass is 9.78. The smallest absolute Gasteiger partial charge is 0.306 e. The molecule has 2 rings (SSSR count). The number of amides is 1. The maximum atomic E-state index is 11.9. The summed E-state index contributed by atoms with van der Waals surface area (Å²) in [6.07, 6.45) is 9.87. The van der Waals surface area contributed by atoms with Crippen LogP contribution in [0, 0.1) is 17.8 Å². The van der Waals surface area contributed by atoms with E-state index in [1.807, 2.05) is 0 Å². The van der Waals surface area contributed by atoms with Gasteiger partial charge in [0.15, 0.2) is 6.61 Å². The van der Waals surface area contributed by atoms with Crippen molar-refractivity contribution in [3.8, 4) is 0 Å². The number of ether oxygens (including phenoxy) is 1. The van der Waals surface area contributed by atoms with E-state index in [2.05, 4.69) is 19.2 Å². The SMILES string of the molecule is C[C@@H]1[C@H](C)CCC[C@@H]1NC(=O)COC(=O)CCC1CCCC1. The molecule has 0 heterocycles. The van der Waals surface area contributed by atoms with E-state index in [0.29, 0.717) is 24.2 Å². The molecule has 4 heteroatoms. The Morgan fingerprint density at radius 2 is 1.77 bits per heavy atom. The largest absolute Gasteiger partial charge is 0.456 e. The van der Waals surface area contributed by atoms with Crippen molar-refractivity contribution in [2.45, 2.75) is 77.7 Å². The van der Waals surface area contributed by atoms with Gasteiger partial charge in [-0.3, -0.25) is 9.59 Å². The van der Waals surface area contributed by atoms with Crippen LogP contribution in [0.1, 0.15) is 71.6 Å². The van der Waals surface area contributed by atoms with E-state index in [-0.39, 0.29) is 24.5 Å². The topological polar surface area (TPSA) is 55.4 Å². The zero-order valence-corrected chi connectivity index (χ0v) is 14.1. The summed E-state index contributed by atoms with van der Waals surface area (Å²) in [6, 6.07) is 0.230. The lowest BCUT2D eigenvalue weighted by Crippen LogP contribution is -2.45. The van der Waals surface area contributed by atoms with Gasteiger partial charge < -0.3 is 10.1 Å². The fourth-order valence-electron chi connectivity index (χ4n) is 3.87. The quantitative estimate of drug-likeness (QED) is 0.765. The minimum atomic E-state index is -0.230. The highest BCUT2D eigenvalue weighted by molar-refractivity contribution is 5.80. The first kappa shape index (κ1) is 17.3. The van der Waals surface area contributed by atoms with Gasteiger partial charge in [-0.1, -0.05) is 52.4 Å². The molecule has 0 aliphatic heterocycles. The van der Waals surface area contributed by atoms with E-state index >= 15 is 0 Å². The molecule has 0 aromatic carbocycles. The van der Waals surface area contributed by atoms with Crippen molar-refractivity contribution in [1.29, 1.82) is 0 Å². The number of carbonyl (C=O) groups excluding carboxylic acids is 2. The van der Waals surface area contributed by atoms with Crippen molar-refractivity contribution in [3.05, 3.63) is 0 Å². The average Bonchev–Trinajstić information content (AvgIpc) is 3.01. The monoisotopic (exact) mass is 309 g/mol. The fourth-order valence-corrected chi connectivity index (χ4v) is 3.87. The van der Waals surface area contributed by atoms with Crippen LogP contribution < -0.4 is 5.32 Å². The maximum absolute atomic E-state index is 11.9. The van der Waals surface area contributed by atoms with Crippen molar-refractivity contribution >= 4 is 11.9 Å². The number of esters is 1. The van der Waals surface area contributed by atoms with Gasteiger partial charge >= 0.3 is 5.97 Å². The van der Waals surface area contributed by atoms with Gasteiger partial charge in [0.05, 0.1) is 0 Å². The predicted molar refractivity (Wildman–Crippen MR) is 86.3 cm³/mol. The van der Waals surface area contributed by atoms with Gasteiger partial charge in [0.25, 0.3) is 5.91 Å². The van der Waals surface area contributed by atoms with E-state index < -0.39 is 0 Å². The van der Waals surface area contributed by atoms with E-state index in [9.17, 15) is 9.59 Å². The van der Waals surface area contributed by atoms with Crippen LogP contribution in [0.5, 0.6) is 0 Å². The molecule has 2 saturated carbocycles. The van der Waals surface area contributed by atoms with Gasteiger partial charge in [-0.2, -0.15) is 0 Å². The number of hydrogen-bond acceptors (Lipinski definition) is 3. The van der Waals surface area contributed by atoms with Crippen LogP contribution in [0.3, 0.4) is 0 Å². The van der Waals surface area contributed by atoms with Crippen molar-refractivity contribution < 1.29 is 14.3 Å². The molecule has 0 aromatic heterocycles. The summed E-state index contributed by atoms with van der Waals surface area (Å²) >= 11 is 0. The van der Waals surface area contributed by atoms with Crippen LogP contribution in [-0.2, 0) is 14.3 Å². The molecule has 126 valence electrons. The van der Waals surface area contributed by atoms with Gasteiger partial charge in [0.2, 0.25) is 0 Å². The molecule has 0 aromatic rings. The molecule has 0 spiro atoms. The van der Waals surface area contributed by atoms with Crippen LogP contribution in [-0.4, -0.2) is 24.5 Å². The van der Waals surface area contributed by atoms with Crippen LogP contribution in [0.4, 0.5) is 0 Å².